The van der Waals surface area contributed by atoms with E-state index < -0.39 is 0 Å². The van der Waals surface area contributed by atoms with Crippen LogP contribution in [0.3, 0.4) is 0 Å². The Labute approximate surface area is 236 Å². The first-order valence-corrected chi connectivity index (χ1v) is 27.9. The number of amidine groups is 1. The summed E-state index contributed by atoms with van der Waals surface area (Å²) in [6.07, 6.45) is 0. The molecule has 0 bridgehead atoms. The van der Waals surface area contributed by atoms with Crippen molar-refractivity contribution in [3.05, 3.63) is 40.8 Å². The van der Waals surface area contributed by atoms with Crippen molar-refractivity contribution in [2.24, 2.45) is 10.7 Å². The van der Waals surface area contributed by atoms with Gasteiger partial charge in [-0.15, -0.1) is 23.7 Å². The molecule has 0 amide bonds. The van der Waals surface area contributed by atoms with E-state index in [1.165, 1.54) is 18.0 Å². The Balaban J connectivity index is 0.000000509. The molecule has 1 aromatic carbocycles. The third-order valence-corrected chi connectivity index (χ3v) is 4.83. The van der Waals surface area contributed by atoms with Gasteiger partial charge in [0.1, 0.15) is 10.8 Å². The van der Waals surface area contributed by atoms with E-state index in [9.17, 15) is 0 Å². The number of nitrogens with zero attached hydrogens (tertiary/aromatic N) is 2. The van der Waals surface area contributed by atoms with Crippen molar-refractivity contribution in [2.45, 2.75) is 6.92 Å². The van der Waals surface area contributed by atoms with Gasteiger partial charge in [0.25, 0.3) is 0 Å². The number of aryl methyl sites for hydroxylation is 1. The maximum atomic E-state index is 5.99. The van der Waals surface area contributed by atoms with Crippen LogP contribution >= 0.6 is 98.2 Å². The van der Waals surface area contributed by atoms with Crippen LogP contribution in [0.25, 0.3) is 0 Å². The topological polar surface area (TPSA) is 65.7 Å². The first-order valence-electron chi connectivity index (χ1n) is 8.26. The van der Waals surface area contributed by atoms with Crippen LogP contribution < -0.4 is 29.6 Å². The van der Waals surface area contributed by atoms with Gasteiger partial charge in [-0.25, -0.2) is 4.99 Å². The number of nitrogens with one attached hydrogen (secondary N) is 2. The fourth-order valence-electron chi connectivity index (χ4n) is 2.56. The number of rotatable bonds is 0. The summed E-state index contributed by atoms with van der Waals surface area (Å²) in [5.41, 5.74) is 8.89. The van der Waals surface area contributed by atoms with Crippen molar-refractivity contribution in [3.63, 3.8) is 0 Å². The number of anilines is 2. The van der Waals surface area contributed by atoms with E-state index in [2.05, 4.69) is 115 Å². The number of hydrogen-bond donors (Lipinski definition) is 3. The minimum atomic E-state index is 0. The molecule has 0 aliphatic carbocycles. The van der Waals surface area contributed by atoms with Gasteiger partial charge in [0, 0.05) is 68.3 Å². The number of para-hydroxylation sites is 2. The first-order chi connectivity index (χ1) is 13.5. The van der Waals surface area contributed by atoms with Gasteiger partial charge in [-0.05, 0) is 32.2 Å². The zero-order valence-electron chi connectivity index (χ0n) is 15.9. The molecule has 1 saturated heterocycles. The second-order valence-electron chi connectivity index (χ2n) is 5.85. The molecule has 1 fully saturated rings. The molecular formula is C17H24ClI5N5S-. The van der Waals surface area contributed by atoms with Gasteiger partial charge in [-0.1, -0.05) is 12.1 Å². The van der Waals surface area contributed by atoms with Crippen LogP contribution in [0.2, 0.25) is 0 Å². The second-order valence-corrected chi connectivity index (χ2v) is 23.3. The Hall–Kier alpha value is 2.05. The molecule has 2 aliphatic rings. The SMILES string of the molecule is CN1CCNCC1.Cc1cc2c(s1)Nc1ccccc1N=C2N.Cl.II.I[I-]I. The molecule has 0 unspecified atom stereocenters. The number of halogens is 6. The Bertz CT molecular complexity index is 741. The zero-order valence-corrected chi connectivity index (χ0v) is 28.3. The molecule has 166 valence electrons. The third kappa shape index (κ3) is 11.6. The number of thiophene rings is 1. The molecule has 4 rings (SSSR count). The van der Waals surface area contributed by atoms with Crippen LogP contribution in [0.4, 0.5) is 16.4 Å². The normalized spacial score (nSPS) is 14.3. The molecule has 0 radical (unpaired) electrons. The fourth-order valence-corrected chi connectivity index (χ4v) is 3.50. The Morgan fingerprint density at radius 2 is 1.76 bits per heavy atom. The monoisotopic (exact) mass is 1000 g/mol. The van der Waals surface area contributed by atoms with Gasteiger partial charge in [-0.2, -0.15) is 0 Å². The van der Waals surface area contributed by atoms with Crippen molar-refractivity contribution in [3.8, 4) is 0 Å². The number of benzene rings is 1. The summed E-state index contributed by atoms with van der Waals surface area (Å²) in [5.74, 6) is 0.580. The first kappa shape index (κ1) is 31.0. The van der Waals surface area contributed by atoms with E-state index in [0.29, 0.717) is 19.1 Å². The summed E-state index contributed by atoms with van der Waals surface area (Å²) in [4.78, 5) is 7.99. The van der Waals surface area contributed by atoms with Crippen molar-refractivity contribution >= 4 is 120 Å². The number of piperazine rings is 1. The predicted octanol–water partition coefficient (Wildman–Crippen LogP) is 3.64. The van der Waals surface area contributed by atoms with Gasteiger partial charge in [0.05, 0.1) is 16.9 Å². The van der Waals surface area contributed by atoms with Crippen LogP contribution in [0.1, 0.15) is 10.4 Å². The Morgan fingerprint density at radius 3 is 2.31 bits per heavy atom. The van der Waals surface area contributed by atoms with E-state index in [1.807, 2.05) is 24.3 Å². The quantitative estimate of drug-likeness (QED) is 0.354. The van der Waals surface area contributed by atoms with Crippen molar-refractivity contribution < 1.29 is 13.3 Å². The predicted molar refractivity (Wildman–Crippen MR) is 163 cm³/mol. The van der Waals surface area contributed by atoms with Gasteiger partial charge in [-0.3, -0.25) is 0 Å². The van der Waals surface area contributed by atoms with Crippen LogP contribution in [-0.4, -0.2) is 44.0 Å². The van der Waals surface area contributed by atoms with Gasteiger partial charge < -0.3 is 21.3 Å². The van der Waals surface area contributed by atoms with Crippen LogP contribution in [0, 0.1) is 6.92 Å². The van der Waals surface area contributed by atoms with Crippen molar-refractivity contribution in [2.75, 3.05) is 38.5 Å². The Morgan fingerprint density at radius 1 is 1.17 bits per heavy atom. The number of hydrogen-bond acceptors (Lipinski definition) is 6. The molecule has 0 spiro atoms. The molecule has 12 heteroatoms. The van der Waals surface area contributed by atoms with Gasteiger partial charge in [0.2, 0.25) is 0 Å². The van der Waals surface area contributed by atoms with Crippen LogP contribution in [-0.2, 0) is 0 Å². The van der Waals surface area contributed by atoms with E-state index >= 15 is 0 Å². The number of aliphatic imine (C=N–C) groups is 1. The van der Waals surface area contributed by atoms with Gasteiger partial charge >= 0.3 is 50.5 Å². The summed E-state index contributed by atoms with van der Waals surface area (Å²) in [7, 11) is 2.15. The standard InChI is InChI=1S/C12H11N3S.C5H12N2.ClH.I3.I2/c1-7-6-8-11(13)14-9-4-2-3-5-10(9)15-12(8)16-7;1-7-4-2-6-3-5-7;;1-3-2;1-2/h2-6,15H,1H3,(H2,13,14);6H,2-5H2,1H3;1H;;/q;;;-1;. The van der Waals surface area contributed by atoms with Crippen LogP contribution in [0.15, 0.2) is 35.3 Å². The molecule has 0 atom stereocenters. The number of nitrogens with two attached hydrogens (primary N) is 1. The molecular weight excluding hydrogens is 976 g/mol. The van der Waals surface area contributed by atoms with Crippen molar-refractivity contribution in [1.82, 2.24) is 10.2 Å². The Kier molecular flexibility index (Phi) is 19.8. The van der Waals surface area contributed by atoms with Crippen LogP contribution in [0.5, 0.6) is 0 Å². The molecule has 2 aliphatic heterocycles. The molecule has 2 aromatic rings. The average Bonchev–Trinajstić information content (AvgIpc) is 3.01. The summed E-state index contributed by atoms with van der Waals surface area (Å²) in [6.45, 7) is 6.81. The molecule has 0 saturated carbocycles. The maximum absolute atomic E-state index is 5.99. The number of fused-ring (bicyclic) bond motifs is 2. The third-order valence-electron chi connectivity index (χ3n) is 3.86. The minimum absolute atomic E-state index is 0. The van der Waals surface area contributed by atoms with E-state index in [-0.39, 0.29) is 12.4 Å². The van der Waals surface area contributed by atoms with E-state index in [1.54, 1.807) is 11.3 Å². The van der Waals surface area contributed by atoms with Crippen molar-refractivity contribution in [1.29, 1.82) is 0 Å². The molecule has 3 heterocycles. The van der Waals surface area contributed by atoms with E-state index in [0.717, 1.165) is 35.0 Å². The zero-order chi connectivity index (χ0) is 20.9. The fraction of sp³-hybridized carbons (Fsp3) is 0.353. The molecule has 29 heavy (non-hydrogen) atoms. The summed E-state index contributed by atoms with van der Waals surface area (Å²) < 4.78 is 0. The van der Waals surface area contributed by atoms with Gasteiger partial charge in [0.15, 0.2) is 0 Å². The molecule has 1 aromatic heterocycles. The van der Waals surface area contributed by atoms with E-state index in [4.69, 9.17) is 5.73 Å². The molecule has 5 nitrogen and oxygen atoms in total. The summed E-state index contributed by atoms with van der Waals surface area (Å²) >= 11 is 11.2. The summed E-state index contributed by atoms with van der Waals surface area (Å²) in [6, 6.07) is 9.98. The average molecular weight is 1000 g/mol. The second kappa shape index (κ2) is 18.5. The molecule has 4 N–H and O–H groups in total. The number of likely N-dealkylation sites (N-methyl/N-ethyl adjacent to an activating group) is 1. The summed E-state index contributed by atoms with van der Waals surface area (Å²) in [5, 5.41) is 7.72.